The molecule has 1 heterocycles. The second kappa shape index (κ2) is 9.52. The molecule has 5 nitrogen and oxygen atoms in total. The Morgan fingerprint density at radius 2 is 1.45 bits per heavy atom. The molecule has 1 aliphatic heterocycles. The van der Waals surface area contributed by atoms with Gasteiger partial charge in [-0.3, -0.25) is 9.59 Å². The van der Waals surface area contributed by atoms with Crippen molar-refractivity contribution in [2.75, 3.05) is 19.6 Å². The first-order valence-corrected chi connectivity index (χ1v) is 11.0. The maximum atomic E-state index is 13.0. The van der Waals surface area contributed by atoms with Crippen LogP contribution < -0.4 is 11.1 Å². The zero-order valence-electron chi connectivity index (χ0n) is 18.0. The maximum absolute atomic E-state index is 13.0. The van der Waals surface area contributed by atoms with E-state index in [1.807, 2.05) is 0 Å². The number of alkyl halides is 6. The van der Waals surface area contributed by atoms with Gasteiger partial charge in [-0.15, -0.1) is 0 Å². The van der Waals surface area contributed by atoms with Gasteiger partial charge in [-0.2, -0.15) is 26.3 Å². The van der Waals surface area contributed by atoms with E-state index >= 15 is 0 Å². The molecule has 3 N–H and O–H groups in total. The highest BCUT2D eigenvalue weighted by Gasteiger charge is 2.40. The molecule has 1 aliphatic carbocycles. The molecule has 3 rings (SSSR count). The third-order valence-corrected chi connectivity index (χ3v) is 6.47. The molecule has 2 amide bonds. The van der Waals surface area contributed by atoms with Crippen LogP contribution in [0.5, 0.6) is 0 Å². The molecule has 0 radical (unpaired) electrons. The topological polar surface area (TPSA) is 75.4 Å². The van der Waals surface area contributed by atoms with Crippen molar-refractivity contribution in [1.82, 2.24) is 10.2 Å². The number of hydrogen-bond donors (Lipinski definition) is 2. The monoisotopic (exact) mass is 479 g/mol. The quantitative estimate of drug-likeness (QED) is 0.631. The minimum absolute atomic E-state index is 0.0138. The van der Waals surface area contributed by atoms with Crippen molar-refractivity contribution in [2.24, 2.45) is 11.7 Å². The highest BCUT2D eigenvalue weighted by molar-refractivity contribution is 5.94. The molecule has 0 bridgehead atoms. The SMILES string of the molecule is NC1(C(=O)N2CCC(CNC(=O)c3cc(C(F)(F)F)cc(C(F)(F)F)c3)CC2)CCCCC1. The van der Waals surface area contributed by atoms with Crippen LogP contribution in [0.4, 0.5) is 26.3 Å². The van der Waals surface area contributed by atoms with Crippen molar-refractivity contribution in [2.45, 2.75) is 62.8 Å². The Morgan fingerprint density at radius 1 is 0.939 bits per heavy atom. The summed E-state index contributed by atoms with van der Waals surface area (Å²) in [5, 5.41) is 2.44. The zero-order valence-corrected chi connectivity index (χ0v) is 18.0. The van der Waals surface area contributed by atoms with Crippen LogP contribution in [-0.4, -0.2) is 41.9 Å². The van der Waals surface area contributed by atoms with E-state index in [-0.39, 0.29) is 24.4 Å². The molecule has 1 aromatic carbocycles. The lowest BCUT2D eigenvalue weighted by Crippen LogP contribution is -2.57. The molecule has 33 heavy (non-hydrogen) atoms. The van der Waals surface area contributed by atoms with Gasteiger partial charge in [-0.05, 0) is 49.8 Å². The van der Waals surface area contributed by atoms with Crippen molar-refractivity contribution in [3.05, 3.63) is 34.9 Å². The van der Waals surface area contributed by atoms with Crippen LogP contribution in [0.1, 0.15) is 66.4 Å². The first kappa shape index (κ1) is 25.3. The molecule has 0 unspecified atom stereocenters. The highest BCUT2D eigenvalue weighted by Crippen LogP contribution is 2.36. The molecule has 2 fully saturated rings. The zero-order chi connectivity index (χ0) is 24.4. The van der Waals surface area contributed by atoms with Crippen LogP contribution in [0.15, 0.2) is 18.2 Å². The lowest BCUT2D eigenvalue weighted by molar-refractivity contribution is -0.143. The van der Waals surface area contributed by atoms with Crippen LogP contribution >= 0.6 is 0 Å². The van der Waals surface area contributed by atoms with E-state index < -0.39 is 40.5 Å². The third kappa shape index (κ3) is 6.18. The Balaban J connectivity index is 1.58. The van der Waals surface area contributed by atoms with Crippen LogP contribution in [0.3, 0.4) is 0 Å². The molecule has 0 spiro atoms. The molecule has 1 aromatic rings. The Kier molecular flexibility index (Phi) is 7.30. The number of amides is 2. The summed E-state index contributed by atoms with van der Waals surface area (Å²) < 4.78 is 78.0. The normalized spacial score (nSPS) is 19.9. The summed E-state index contributed by atoms with van der Waals surface area (Å²) in [6.07, 6.45) is -4.74. The van der Waals surface area contributed by atoms with Gasteiger partial charge in [0, 0.05) is 25.2 Å². The number of likely N-dealkylation sites (tertiary alicyclic amines) is 1. The molecule has 11 heteroatoms. The first-order valence-electron chi connectivity index (χ1n) is 11.0. The predicted molar refractivity (Wildman–Crippen MR) is 108 cm³/mol. The average molecular weight is 479 g/mol. The number of benzene rings is 1. The molecule has 1 saturated carbocycles. The van der Waals surface area contributed by atoms with E-state index in [9.17, 15) is 35.9 Å². The highest BCUT2D eigenvalue weighted by atomic mass is 19.4. The number of rotatable bonds is 4. The van der Waals surface area contributed by atoms with Crippen LogP contribution in [0.2, 0.25) is 0 Å². The largest absolute Gasteiger partial charge is 0.416 e. The number of halogens is 6. The van der Waals surface area contributed by atoms with E-state index in [0.29, 0.717) is 50.9 Å². The first-order chi connectivity index (χ1) is 15.3. The fourth-order valence-corrected chi connectivity index (χ4v) is 4.48. The lowest BCUT2D eigenvalue weighted by Gasteiger charge is -2.40. The number of carbonyl (C=O) groups excluding carboxylic acids is 2. The van der Waals surface area contributed by atoms with E-state index in [2.05, 4.69) is 5.32 Å². The Morgan fingerprint density at radius 3 is 1.94 bits per heavy atom. The van der Waals surface area contributed by atoms with Crippen molar-refractivity contribution >= 4 is 11.8 Å². The lowest BCUT2D eigenvalue weighted by atomic mass is 9.81. The van der Waals surface area contributed by atoms with Crippen molar-refractivity contribution in [1.29, 1.82) is 0 Å². The number of nitrogens with one attached hydrogen (secondary N) is 1. The minimum atomic E-state index is -5.02. The van der Waals surface area contributed by atoms with Crippen molar-refractivity contribution in [3.63, 3.8) is 0 Å². The number of piperidine rings is 1. The van der Waals surface area contributed by atoms with Gasteiger partial charge in [0.2, 0.25) is 5.91 Å². The standard InChI is InChI=1S/C22H27F6N3O2/c23-21(24,25)16-10-15(11-17(12-16)22(26,27)28)18(32)30-13-14-4-8-31(9-5-14)19(33)20(29)6-2-1-3-7-20/h10-12,14H,1-9,13,29H2,(H,30,32). The van der Waals surface area contributed by atoms with E-state index in [1.54, 1.807) is 4.90 Å². The van der Waals surface area contributed by atoms with E-state index in [1.165, 1.54) is 0 Å². The van der Waals surface area contributed by atoms with Crippen LogP contribution in [0.25, 0.3) is 0 Å². The van der Waals surface area contributed by atoms with Gasteiger partial charge in [0.25, 0.3) is 5.91 Å². The van der Waals surface area contributed by atoms with Gasteiger partial charge in [0.05, 0.1) is 16.7 Å². The van der Waals surface area contributed by atoms with E-state index in [4.69, 9.17) is 5.73 Å². The van der Waals surface area contributed by atoms with Crippen LogP contribution in [-0.2, 0) is 17.1 Å². The number of nitrogens with zero attached hydrogens (tertiary/aromatic N) is 1. The summed E-state index contributed by atoms with van der Waals surface area (Å²) in [7, 11) is 0. The van der Waals surface area contributed by atoms with Crippen molar-refractivity contribution < 1.29 is 35.9 Å². The van der Waals surface area contributed by atoms with Gasteiger partial charge < -0.3 is 16.0 Å². The van der Waals surface area contributed by atoms with Gasteiger partial charge in [-0.25, -0.2) is 0 Å². The Bertz CT molecular complexity index is 838. The summed E-state index contributed by atoms with van der Waals surface area (Å²) in [6, 6.07) is 0.813. The van der Waals surface area contributed by atoms with Gasteiger partial charge in [0.15, 0.2) is 0 Å². The summed E-state index contributed by atoms with van der Waals surface area (Å²) in [5.74, 6) is -1.13. The summed E-state index contributed by atoms with van der Waals surface area (Å²) in [5.41, 5.74) is 1.70. The summed E-state index contributed by atoms with van der Waals surface area (Å²) >= 11 is 0. The fourth-order valence-electron chi connectivity index (χ4n) is 4.48. The van der Waals surface area contributed by atoms with Crippen LogP contribution in [0, 0.1) is 5.92 Å². The minimum Gasteiger partial charge on any atom is -0.352 e. The molecule has 0 aromatic heterocycles. The van der Waals surface area contributed by atoms with Gasteiger partial charge in [-0.1, -0.05) is 19.3 Å². The average Bonchev–Trinajstić information content (AvgIpc) is 2.76. The Labute approximate surface area is 187 Å². The second-order valence-corrected chi connectivity index (χ2v) is 8.96. The molecular formula is C22H27F6N3O2. The smallest absolute Gasteiger partial charge is 0.352 e. The summed E-state index contributed by atoms with van der Waals surface area (Å²) in [6.45, 7) is 0.979. The molecular weight excluding hydrogens is 452 g/mol. The fraction of sp³-hybridized carbons (Fsp3) is 0.636. The van der Waals surface area contributed by atoms with Gasteiger partial charge in [0.1, 0.15) is 0 Å². The second-order valence-electron chi connectivity index (χ2n) is 8.96. The predicted octanol–water partition coefficient (Wildman–Crippen LogP) is 4.35. The third-order valence-electron chi connectivity index (χ3n) is 6.47. The van der Waals surface area contributed by atoms with E-state index in [0.717, 1.165) is 19.3 Å². The number of nitrogens with two attached hydrogens (primary N) is 1. The molecule has 184 valence electrons. The molecule has 0 atom stereocenters. The van der Waals surface area contributed by atoms with Gasteiger partial charge >= 0.3 is 12.4 Å². The summed E-state index contributed by atoms with van der Waals surface area (Å²) in [4.78, 5) is 26.9. The maximum Gasteiger partial charge on any atom is 0.416 e. The molecule has 1 saturated heterocycles. The molecule has 2 aliphatic rings. The number of carbonyl (C=O) groups is 2. The number of hydrogen-bond acceptors (Lipinski definition) is 3. The van der Waals surface area contributed by atoms with Crippen molar-refractivity contribution in [3.8, 4) is 0 Å². The Hall–Kier alpha value is -2.30.